The van der Waals surface area contributed by atoms with Gasteiger partial charge in [0.25, 0.3) is 0 Å². The third-order valence-corrected chi connectivity index (χ3v) is 3.22. The van der Waals surface area contributed by atoms with Crippen LogP contribution in [0.1, 0.15) is 0 Å². The van der Waals surface area contributed by atoms with E-state index in [1.54, 1.807) is 0 Å². The van der Waals surface area contributed by atoms with Gasteiger partial charge in [-0.2, -0.15) is 70.2 Å². The van der Waals surface area contributed by atoms with Crippen LogP contribution in [0, 0.1) is 0 Å². The van der Waals surface area contributed by atoms with Gasteiger partial charge in [0.2, 0.25) is 0 Å². The predicted molar refractivity (Wildman–Crippen MR) is 42.5 cm³/mol. The van der Waals surface area contributed by atoms with E-state index < -0.39 is 52.9 Å². The Hall–Kier alpha value is -1.23. The average Bonchev–Trinajstić information content (AvgIpc) is 2.32. The summed E-state index contributed by atoms with van der Waals surface area (Å²) in [5.74, 6) is -49.1. The molecule has 0 unspecified atom stereocenters. The topological polar surface area (TPSA) is 3.24 Å². The second-order valence-electron chi connectivity index (χ2n) is 4.77. The molecular weight excluding hydrogens is 433 g/mol. The zero-order chi connectivity index (χ0) is 21.6. The van der Waals surface area contributed by atoms with Crippen LogP contribution >= 0.6 is 0 Å². The molecule has 0 amide bonds. The molecule has 0 atom stereocenters. The van der Waals surface area contributed by atoms with Gasteiger partial charge in [0.05, 0.1) is 0 Å². The predicted octanol–water partition coefficient (Wildman–Crippen LogP) is 5.18. The molecule has 18 heteroatoms. The summed E-state index contributed by atoms with van der Waals surface area (Å²) in [4.78, 5) is -4.61. The second-order valence-corrected chi connectivity index (χ2v) is 4.77. The van der Waals surface area contributed by atoms with Crippen LogP contribution in [0.15, 0.2) is 0 Å². The van der Waals surface area contributed by atoms with E-state index >= 15 is 0 Å². The summed E-state index contributed by atoms with van der Waals surface area (Å²) in [6.45, 7) is 0. The number of hydrogen-bond acceptors (Lipinski definition) is 1. The van der Waals surface area contributed by atoms with Crippen molar-refractivity contribution in [3.63, 3.8) is 0 Å². The lowest BCUT2D eigenvalue weighted by Crippen LogP contribution is -2.89. The molecule has 1 aliphatic rings. The highest BCUT2D eigenvalue weighted by molar-refractivity contribution is 5.26. The van der Waals surface area contributed by atoms with Crippen LogP contribution < -0.4 is 0 Å². The van der Waals surface area contributed by atoms with Crippen LogP contribution in [0.3, 0.4) is 0 Å². The Balaban J connectivity index is 4.10. The fourth-order valence-electron chi connectivity index (χ4n) is 1.98. The largest absolute Gasteiger partial charge is 0.470 e. The Morgan fingerprint density at radius 2 is 0.577 bits per heavy atom. The maximum atomic E-state index is 13.8. The van der Waals surface area contributed by atoms with Crippen LogP contribution in [0.25, 0.3) is 0 Å². The monoisotopic (exact) mass is 433 g/mol. The van der Waals surface area contributed by atoms with E-state index in [0.29, 0.717) is 0 Å². The summed E-state index contributed by atoms with van der Waals surface area (Å²) >= 11 is 0. The minimum atomic E-state index is -8.38. The Labute approximate surface area is 129 Å². The first-order chi connectivity index (χ1) is 10.9. The van der Waals surface area contributed by atoms with Gasteiger partial charge in [-0.05, 0) is 0 Å². The first-order valence-electron chi connectivity index (χ1n) is 5.38. The standard InChI is InChI=1S/C8F17N/c9-1(10)2(11,12)4(15,16)6(19,5(17,18)3(1,13)14)26(7(20,21)22)8(23,24)25. The van der Waals surface area contributed by atoms with Gasteiger partial charge in [0, 0.05) is 0 Å². The summed E-state index contributed by atoms with van der Waals surface area (Å²) in [5.41, 5.74) is 0. The van der Waals surface area contributed by atoms with Crippen molar-refractivity contribution in [2.75, 3.05) is 0 Å². The zero-order valence-corrected chi connectivity index (χ0v) is 10.9. The zero-order valence-electron chi connectivity index (χ0n) is 10.9. The SMILES string of the molecule is FC(F)(F)N(C(F)(F)F)C1(F)C(F)(F)C(F)(F)C(F)(F)C(F)(F)C1(F)F. The summed E-state index contributed by atoms with van der Waals surface area (Å²) < 4.78 is 217. The van der Waals surface area contributed by atoms with Crippen molar-refractivity contribution in [1.82, 2.24) is 4.90 Å². The second kappa shape index (κ2) is 4.98. The molecule has 1 nitrogen and oxygen atoms in total. The van der Waals surface area contributed by atoms with Gasteiger partial charge in [0.15, 0.2) is 0 Å². The van der Waals surface area contributed by atoms with Gasteiger partial charge < -0.3 is 0 Å². The maximum Gasteiger partial charge on any atom is 0.470 e. The third-order valence-electron chi connectivity index (χ3n) is 3.22. The molecule has 156 valence electrons. The van der Waals surface area contributed by atoms with Gasteiger partial charge >= 0.3 is 48.0 Å². The molecule has 1 fully saturated rings. The van der Waals surface area contributed by atoms with Crippen molar-refractivity contribution in [3.05, 3.63) is 0 Å². The molecular formula is C8F17N. The Morgan fingerprint density at radius 1 is 0.385 bits per heavy atom. The van der Waals surface area contributed by atoms with Crippen molar-refractivity contribution in [2.24, 2.45) is 0 Å². The molecule has 0 saturated heterocycles. The number of nitrogens with zero attached hydrogens (tertiary/aromatic N) is 1. The highest BCUT2D eigenvalue weighted by Gasteiger charge is 3.04. The lowest BCUT2D eigenvalue weighted by Gasteiger charge is -2.55. The average molecular weight is 433 g/mol. The molecule has 1 saturated carbocycles. The summed E-state index contributed by atoms with van der Waals surface area (Å²) in [5, 5.41) is 0. The number of rotatable bonds is 1. The van der Waals surface area contributed by atoms with Crippen LogP contribution in [-0.4, -0.2) is 52.9 Å². The number of hydrogen-bond donors (Lipinski definition) is 0. The van der Waals surface area contributed by atoms with Crippen molar-refractivity contribution < 1.29 is 74.6 Å². The molecule has 0 aliphatic heterocycles. The molecule has 0 aromatic heterocycles. The lowest BCUT2D eigenvalue weighted by atomic mass is 9.76. The summed E-state index contributed by atoms with van der Waals surface area (Å²) in [7, 11) is 0. The number of alkyl halides is 17. The fraction of sp³-hybridized carbons (Fsp3) is 1.00. The molecule has 1 aliphatic carbocycles. The minimum Gasteiger partial charge on any atom is -0.211 e. The normalized spacial score (nSPS) is 28.8. The first-order valence-corrected chi connectivity index (χ1v) is 5.38. The molecule has 0 bridgehead atoms. The van der Waals surface area contributed by atoms with E-state index in [2.05, 4.69) is 0 Å². The van der Waals surface area contributed by atoms with Crippen molar-refractivity contribution >= 4 is 0 Å². The van der Waals surface area contributed by atoms with E-state index in [0.717, 1.165) is 0 Å². The molecule has 0 heterocycles. The van der Waals surface area contributed by atoms with Gasteiger partial charge in [-0.3, -0.25) is 0 Å². The highest BCUT2D eigenvalue weighted by atomic mass is 19.4. The molecule has 0 radical (unpaired) electrons. The minimum absolute atomic E-state index is 4.61. The summed E-state index contributed by atoms with van der Waals surface area (Å²) in [6.07, 6.45) is -15.6. The van der Waals surface area contributed by atoms with E-state index in [9.17, 15) is 74.6 Å². The van der Waals surface area contributed by atoms with Crippen LogP contribution in [0.5, 0.6) is 0 Å². The lowest BCUT2D eigenvalue weighted by molar-refractivity contribution is -0.548. The van der Waals surface area contributed by atoms with E-state index in [1.165, 1.54) is 0 Å². The molecule has 26 heavy (non-hydrogen) atoms. The Kier molecular flexibility index (Phi) is 4.36. The van der Waals surface area contributed by atoms with E-state index in [4.69, 9.17) is 0 Å². The summed E-state index contributed by atoms with van der Waals surface area (Å²) in [6, 6.07) is 0. The smallest absolute Gasteiger partial charge is 0.211 e. The van der Waals surface area contributed by atoms with Gasteiger partial charge in [-0.25, -0.2) is 4.39 Å². The molecule has 0 N–H and O–H groups in total. The van der Waals surface area contributed by atoms with Gasteiger partial charge in [0.1, 0.15) is 0 Å². The first kappa shape index (κ1) is 22.8. The van der Waals surface area contributed by atoms with Gasteiger partial charge in [-0.1, -0.05) is 4.90 Å². The van der Waals surface area contributed by atoms with Crippen molar-refractivity contribution in [2.45, 2.75) is 48.0 Å². The highest BCUT2D eigenvalue weighted by Crippen LogP contribution is 2.71. The van der Waals surface area contributed by atoms with Gasteiger partial charge in [-0.15, -0.1) is 0 Å². The van der Waals surface area contributed by atoms with Crippen LogP contribution in [0.4, 0.5) is 74.6 Å². The molecule has 1 rings (SSSR count). The molecule has 0 spiro atoms. The number of halogens is 17. The van der Waals surface area contributed by atoms with Crippen LogP contribution in [-0.2, 0) is 0 Å². The van der Waals surface area contributed by atoms with Crippen LogP contribution in [0.2, 0.25) is 0 Å². The molecule has 0 aromatic carbocycles. The van der Waals surface area contributed by atoms with E-state index in [1.807, 2.05) is 0 Å². The van der Waals surface area contributed by atoms with Crippen molar-refractivity contribution in [3.8, 4) is 0 Å². The fourth-order valence-corrected chi connectivity index (χ4v) is 1.98. The Morgan fingerprint density at radius 3 is 0.769 bits per heavy atom. The molecule has 0 aromatic rings. The third kappa shape index (κ3) is 2.15. The quantitative estimate of drug-likeness (QED) is 0.407. The van der Waals surface area contributed by atoms with E-state index in [-0.39, 0.29) is 0 Å². The van der Waals surface area contributed by atoms with Crippen molar-refractivity contribution in [1.29, 1.82) is 0 Å². The maximum absolute atomic E-state index is 13.8. The Bertz CT molecular complexity index is 522.